The topological polar surface area (TPSA) is 121 Å². The summed E-state index contributed by atoms with van der Waals surface area (Å²) in [7, 11) is 0. The van der Waals surface area contributed by atoms with Crippen LogP contribution in [-0.4, -0.2) is 51.4 Å². The van der Waals surface area contributed by atoms with E-state index in [1.165, 1.54) is 5.57 Å². The van der Waals surface area contributed by atoms with Crippen molar-refractivity contribution in [2.75, 3.05) is 0 Å². The number of carbonyl (C=O) groups is 3. The summed E-state index contributed by atoms with van der Waals surface area (Å²) in [5.41, 5.74) is 0.354. The molecule has 4 fully saturated rings. The molecular formula is C23H30O7. The zero-order valence-electron chi connectivity index (χ0n) is 17.3. The number of allylic oxidation sites excluding steroid dienone is 1. The maximum atomic E-state index is 13.0. The Morgan fingerprint density at radius 3 is 2.77 bits per heavy atom. The van der Waals surface area contributed by atoms with Crippen molar-refractivity contribution in [3.05, 3.63) is 11.6 Å². The number of carboxylic acids is 1. The summed E-state index contributed by atoms with van der Waals surface area (Å²) in [4.78, 5) is 36.0. The Balaban J connectivity index is 1.49. The third kappa shape index (κ3) is 2.58. The molecule has 0 aromatic heterocycles. The molecule has 1 aliphatic heterocycles. The molecule has 3 saturated carbocycles. The second kappa shape index (κ2) is 6.71. The fraction of sp³-hybridized carbons (Fsp3) is 0.783. The molecule has 5 rings (SSSR count). The van der Waals surface area contributed by atoms with Gasteiger partial charge in [-0.05, 0) is 67.8 Å². The fourth-order valence-corrected chi connectivity index (χ4v) is 8.14. The molecule has 1 heterocycles. The smallest absolute Gasteiger partial charge is 0.306 e. The maximum Gasteiger partial charge on any atom is 0.306 e. The van der Waals surface area contributed by atoms with Crippen molar-refractivity contribution in [3.63, 3.8) is 0 Å². The highest BCUT2D eigenvalue weighted by atomic mass is 16.6. The van der Waals surface area contributed by atoms with E-state index < -0.39 is 41.9 Å². The van der Waals surface area contributed by atoms with Crippen molar-refractivity contribution in [1.29, 1.82) is 0 Å². The second-order valence-electron chi connectivity index (χ2n) is 10.4. The summed E-state index contributed by atoms with van der Waals surface area (Å²) in [6, 6.07) is 0. The number of ether oxygens (including phenoxy) is 1. The first-order chi connectivity index (χ1) is 14.2. The minimum absolute atomic E-state index is 0.109. The van der Waals surface area contributed by atoms with Gasteiger partial charge in [-0.3, -0.25) is 14.4 Å². The van der Waals surface area contributed by atoms with E-state index in [0.717, 1.165) is 25.7 Å². The first-order valence-corrected chi connectivity index (χ1v) is 11.2. The van der Waals surface area contributed by atoms with E-state index in [2.05, 4.69) is 6.92 Å². The Kier molecular flexibility index (Phi) is 4.55. The van der Waals surface area contributed by atoms with Crippen LogP contribution in [0.3, 0.4) is 0 Å². The van der Waals surface area contributed by atoms with Gasteiger partial charge >= 0.3 is 5.97 Å². The number of rotatable bonds is 4. The van der Waals surface area contributed by atoms with Crippen LogP contribution in [0.5, 0.6) is 0 Å². The number of hydrogen-bond acceptors (Lipinski definition) is 6. The van der Waals surface area contributed by atoms with E-state index in [-0.39, 0.29) is 29.1 Å². The number of fused-ring (bicyclic) bond motifs is 6. The number of aliphatic hydroxyl groups is 2. The van der Waals surface area contributed by atoms with Gasteiger partial charge in [0, 0.05) is 17.8 Å². The van der Waals surface area contributed by atoms with Crippen LogP contribution in [0, 0.1) is 34.5 Å². The summed E-state index contributed by atoms with van der Waals surface area (Å²) in [5, 5.41) is 30.3. The van der Waals surface area contributed by atoms with Crippen LogP contribution in [0.2, 0.25) is 0 Å². The molecule has 0 aromatic carbocycles. The Bertz CT molecular complexity index is 833. The summed E-state index contributed by atoms with van der Waals surface area (Å²) < 4.78 is 6.13. The lowest BCUT2D eigenvalue weighted by molar-refractivity contribution is -0.164. The fourth-order valence-electron chi connectivity index (χ4n) is 8.14. The van der Waals surface area contributed by atoms with Crippen LogP contribution in [0.1, 0.15) is 58.3 Å². The molecule has 1 spiro atoms. The minimum Gasteiger partial charge on any atom is -0.481 e. The molecule has 0 radical (unpaired) electrons. The normalized spacial score (nSPS) is 47.7. The predicted molar refractivity (Wildman–Crippen MR) is 104 cm³/mol. The first-order valence-electron chi connectivity index (χ1n) is 11.2. The predicted octanol–water partition coefficient (Wildman–Crippen LogP) is 1.85. The van der Waals surface area contributed by atoms with Gasteiger partial charge in [-0.1, -0.05) is 12.5 Å². The average Bonchev–Trinajstić information content (AvgIpc) is 3.20. The molecule has 7 heteroatoms. The highest BCUT2D eigenvalue weighted by molar-refractivity contribution is 5.92. The average molecular weight is 418 g/mol. The van der Waals surface area contributed by atoms with Gasteiger partial charge in [0.15, 0.2) is 17.9 Å². The SMILES string of the molecule is C[C@]12CCC(=O)C=C1CC[C@H]1[C@@H]3CC[C@H](C(=O)C(O)CC(=O)O)[C@@]34CC(OC4O)[C@@H]12. The van der Waals surface area contributed by atoms with E-state index in [0.29, 0.717) is 25.2 Å². The number of Topliss-reactive ketones (excluding diaryl/α,β-unsaturated/α-hetero) is 1. The number of aliphatic hydroxyl groups excluding tert-OH is 2. The van der Waals surface area contributed by atoms with Crippen molar-refractivity contribution >= 4 is 17.5 Å². The van der Waals surface area contributed by atoms with Gasteiger partial charge in [0.2, 0.25) is 0 Å². The standard InChI is InChI=1S/C23H30O7/c1-22-7-6-12(24)8-11(22)2-3-13-14-4-5-15(20(28)16(25)9-18(26)27)23(14)10-17(19(13)22)30-21(23)29/h8,13-17,19,21,25,29H,2-7,9-10H2,1H3,(H,26,27)/t13-,14-,15+,16?,17?,19+,21?,22-,23+/m0/s1. The molecule has 2 bridgehead atoms. The lowest BCUT2D eigenvalue weighted by Crippen LogP contribution is -2.56. The first kappa shape index (κ1) is 20.3. The Morgan fingerprint density at radius 1 is 1.27 bits per heavy atom. The van der Waals surface area contributed by atoms with Gasteiger partial charge in [-0.25, -0.2) is 0 Å². The monoisotopic (exact) mass is 418 g/mol. The maximum absolute atomic E-state index is 13.0. The highest BCUT2D eigenvalue weighted by Crippen LogP contribution is 2.71. The van der Waals surface area contributed by atoms with E-state index in [1.807, 2.05) is 6.08 Å². The molecule has 3 N–H and O–H groups in total. The van der Waals surface area contributed by atoms with E-state index in [9.17, 15) is 24.6 Å². The lowest BCUT2D eigenvalue weighted by atomic mass is 9.46. The molecule has 0 aromatic rings. The molecule has 7 nitrogen and oxygen atoms in total. The molecule has 5 aliphatic rings. The molecular weight excluding hydrogens is 388 g/mol. The van der Waals surface area contributed by atoms with Crippen LogP contribution in [0.15, 0.2) is 11.6 Å². The van der Waals surface area contributed by atoms with Gasteiger partial charge in [-0.2, -0.15) is 0 Å². The van der Waals surface area contributed by atoms with Crippen LogP contribution in [0.4, 0.5) is 0 Å². The van der Waals surface area contributed by atoms with Gasteiger partial charge < -0.3 is 20.1 Å². The van der Waals surface area contributed by atoms with Crippen LogP contribution in [-0.2, 0) is 19.1 Å². The minimum atomic E-state index is -1.55. The van der Waals surface area contributed by atoms with Gasteiger partial charge in [-0.15, -0.1) is 0 Å². The summed E-state index contributed by atoms with van der Waals surface area (Å²) >= 11 is 0. The molecule has 30 heavy (non-hydrogen) atoms. The molecule has 3 unspecified atom stereocenters. The van der Waals surface area contributed by atoms with Crippen molar-refractivity contribution in [3.8, 4) is 0 Å². The van der Waals surface area contributed by atoms with Gasteiger partial charge in [0.1, 0.15) is 6.10 Å². The van der Waals surface area contributed by atoms with Gasteiger partial charge in [0.25, 0.3) is 0 Å². The highest BCUT2D eigenvalue weighted by Gasteiger charge is 2.71. The number of carboxylic acid groups (broad SMARTS) is 1. The molecule has 9 atom stereocenters. The molecule has 164 valence electrons. The van der Waals surface area contributed by atoms with Crippen molar-refractivity contribution in [1.82, 2.24) is 0 Å². The third-order valence-corrected chi connectivity index (χ3v) is 9.28. The number of ketones is 2. The van der Waals surface area contributed by atoms with Gasteiger partial charge in [0.05, 0.1) is 12.5 Å². The largest absolute Gasteiger partial charge is 0.481 e. The molecule has 4 aliphatic carbocycles. The van der Waals surface area contributed by atoms with E-state index in [4.69, 9.17) is 9.84 Å². The summed E-state index contributed by atoms with van der Waals surface area (Å²) in [5.74, 6) is -1.44. The summed E-state index contributed by atoms with van der Waals surface area (Å²) in [6.07, 6.45) is 3.41. The van der Waals surface area contributed by atoms with Crippen molar-refractivity contribution in [2.24, 2.45) is 34.5 Å². The van der Waals surface area contributed by atoms with E-state index in [1.54, 1.807) is 0 Å². The quantitative estimate of drug-likeness (QED) is 0.637. The number of carbonyl (C=O) groups excluding carboxylic acids is 2. The molecule has 1 saturated heterocycles. The van der Waals surface area contributed by atoms with Crippen LogP contribution < -0.4 is 0 Å². The third-order valence-electron chi connectivity index (χ3n) is 9.28. The summed E-state index contributed by atoms with van der Waals surface area (Å²) in [6.45, 7) is 2.23. The number of hydrogen-bond donors (Lipinski definition) is 3. The molecule has 0 amide bonds. The Hall–Kier alpha value is -1.57. The zero-order chi connectivity index (χ0) is 21.4. The second-order valence-corrected chi connectivity index (χ2v) is 10.4. The lowest BCUT2D eigenvalue weighted by Gasteiger charge is -2.57. The zero-order valence-corrected chi connectivity index (χ0v) is 17.3. The Labute approximate surface area is 175 Å². The Morgan fingerprint density at radius 2 is 2.03 bits per heavy atom. The number of aliphatic carboxylic acids is 1. The van der Waals surface area contributed by atoms with E-state index >= 15 is 0 Å². The van der Waals surface area contributed by atoms with Crippen molar-refractivity contribution < 1.29 is 34.4 Å². The van der Waals surface area contributed by atoms with Crippen LogP contribution in [0.25, 0.3) is 0 Å². The van der Waals surface area contributed by atoms with Crippen LogP contribution >= 0.6 is 0 Å². The van der Waals surface area contributed by atoms with Crippen molar-refractivity contribution in [2.45, 2.75) is 76.8 Å².